The lowest BCUT2D eigenvalue weighted by Gasteiger charge is -2.13. The molecule has 0 saturated heterocycles. The first kappa shape index (κ1) is 16.5. The maximum atomic E-state index is 12.0. The van der Waals surface area contributed by atoms with E-state index in [1.165, 1.54) is 31.3 Å². The molecule has 1 amide bonds. The molecule has 120 valence electrons. The van der Waals surface area contributed by atoms with Crippen LogP contribution in [-0.4, -0.2) is 37.7 Å². The van der Waals surface area contributed by atoms with Crippen LogP contribution in [-0.2, 0) is 4.74 Å². The van der Waals surface area contributed by atoms with Gasteiger partial charge in [0.15, 0.2) is 0 Å². The second-order valence-corrected chi connectivity index (χ2v) is 5.47. The van der Waals surface area contributed by atoms with E-state index in [4.69, 9.17) is 4.74 Å². The van der Waals surface area contributed by atoms with Crippen molar-refractivity contribution in [3.63, 3.8) is 0 Å². The molecule has 2 N–H and O–H groups in total. The SMILES string of the molecule is COCCNc1ccc(C(=O)NCCC2=CCCCC2)nc1. The van der Waals surface area contributed by atoms with Crippen LogP contribution < -0.4 is 10.6 Å². The van der Waals surface area contributed by atoms with Crippen LogP contribution in [0.1, 0.15) is 42.6 Å². The lowest BCUT2D eigenvalue weighted by molar-refractivity contribution is 0.0949. The minimum atomic E-state index is -0.111. The number of pyridine rings is 1. The van der Waals surface area contributed by atoms with E-state index in [1.54, 1.807) is 19.4 Å². The fraction of sp³-hybridized carbons (Fsp3) is 0.529. The summed E-state index contributed by atoms with van der Waals surface area (Å²) in [4.78, 5) is 16.2. The van der Waals surface area contributed by atoms with Gasteiger partial charge in [-0.1, -0.05) is 11.6 Å². The van der Waals surface area contributed by atoms with Crippen LogP contribution in [0.15, 0.2) is 30.0 Å². The van der Waals surface area contributed by atoms with Gasteiger partial charge in [0.1, 0.15) is 5.69 Å². The molecule has 0 aliphatic heterocycles. The van der Waals surface area contributed by atoms with E-state index in [2.05, 4.69) is 21.7 Å². The lowest BCUT2D eigenvalue weighted by atomic mass is 9.97. The number of allylic oxidation sites excluding steroid dienone is 1. The van der Waals surface area contributed by atoms with Gasteiger partial charge in [-0.05, 0) is 44.2 Å². The normalized spacial score (nSPS) is 14.3. The van der Waals surface area contributed by atoms with Crippen LogP contribution in [0.3, 0.4) is 0 Å². The molecule has 0 spiro atoms. The summed E-state index contributed by atoms with van der Waals surface area (Å²) < 4.78 is 4.97. The Morgan fingerprint density at radius 1 is 1.32 bits per heavy atom. The Hall–Kier alpha value is -1.88. The number of nitrogens with one attached hydrogen (secondary N) is 2. The van der Waals surface area contributed by atoms with Gasteiger partial charge in [0.25, 0.3) is 5.91 Å². The Morgan fingerprint density at radius 3 is 2.91 bits per heavy atom. The van der Waals surface area contributed by atoms with Gasteiger partial charge in [0.2, 0.25) is 0 Å². The van der Waals surface area contributed by atoms with E-state index >= 15 is 0 Å². The minimum Gasteiger partial charge on any atom is -0.383 e. The third-order valence-electron chi connectivity index (χ3n) is 3.75. The molecule has 1 aliphatic carbocycles. The Bertz CT molecular complexity index is 497. The molecule has 0 unspecified atom stereocenters. The Morgan fingerprint density at radius 2 is 2.23 bits per heavy atom. The van der Waals surface area contributed by atoms with Crippen LogP contribution >= 0.6 is 0 Å². The molecular formula is C17H25N3O2. The molecule has 5 nitrogen and oxygen atoms in total. The van der Waals surface area contributed by atoms with Crippen molar-refractivity contribution in [3.8, 4) is 0 Å². The molecule has 22 heavy (non-hydrogen) atoms. The first-order valence-electron chi connectivity index (χ1n) is 7.94. The standard InChI is InChI=1S/C17H25N3O2/c1-22-12-11-18-15-7-8-16(20-13-15)17(21)19-10-9-14-5-3-2-4-6-14/h5,7-8,13,18H,2-4,6,9-12H2,1H3,(H,19,21). The molecule has 0 fully saturated rings. The van der Waals surface area contributed by atoms with Gasteiger partial charge in [0, 0.05) is 20.2 Å². The number of nitrogens with zero attached hydrogens (tertiary/aromatic N) is 1. The number of carbonyl (C=O) groups excluding carboxylic acids is 1. The number of rotatable bonds is 8. The first-order valence-corrected chi connectivity index (χ1v) is 7.94. The number of hydrogen-bond donors (Lipinski definition) is 2. The van der Waals surface area contributed by atoms with Crippen LogP contribution in [0, 0.1) is 0 Å². The van der Waals surface area contributed by atoms with Gasteiger partial charge in [-0.25, -0.2) is 4.98 Å². The van der Waals surface area contributed by atoms with Crippen molar-refractivity contribution in [1.29, 1.82) is 0 Å². The van der Waals surface area contributed by atoms with Gasteiger partial charge >= 0.3 is 0 Å². The maximum Gasteiger partial charge on any atom is 0.269 e. The van der Waals surface area contributed by atoms with Crippen LogP contribution in [0.5, 0.6) is 0 Å². The summed E-state index contributed by atoms with van der Waals surface area (Å²) in [5, 5.41) is 6.11. The number of amides is 1. The highest BCUT2D eigenvalue weighted by Crippen LogP contribution is 2.19. The number of anilines is 1. The molecular weight excluding hydrogens is 278 g/mol. The molecule has 1 aliphatic rings. The summed E-state index contributed by atoms with van der Waals surface area (Å²) in [5.74, 6) is -0.111. The van der Waals surface area contributed by atoms with Gasteiger partial charge in [-0.15, -0.1) is 0 Å². The molecule has 2 rings (SSSR count). The van der Waals surface area contributed by atoms with Crippen molar-refractivity contribution in [3.05, 3.63) is 35.7 Å². The molecule has 0 atom stereocenters. The predicted octanol–water partition coefficient (Wildman–Crippen LogP) is 2.76. The fourth-order valence-corrected chi connectivity index (χ4v) is 2.49. The lowest BCUT2D eigenvalue weighted by Crippen LogP contribution is -2.25. The molecule has 0 bridgehead atoms. The average Bonchev–Trinajstić information content (AvgIpc) is 2.56. The van der Waals surface area contributed by atoms with Crippen LogP contribution in [0.25, 0.3) is 0 Å². The van der Waals surface area contributed by atoms with Crippen molar-refractivity contribution in [2.75, 3.05) is 32.1 Å². The minimum absolute atomic E-state index is 0.111. The van der Waals surface area contributed by atoms with Crippen LogP contribution in [0.4, 0.5) is 5.69 Å². The topological polar surface area (TPSA) is 63.2 Å². The number of methoxy groups -OCH3 is 1. The summed E-state index contributed by atoms with van der Waals surface area (Å²) in [6, 6.07) is 3.60. The van der Waals surface area contributed by atoms with Crippen molar-refractivity contribution in [2.24, 2.45) is 0 Å². The first-order chi connectivity index (χ1) is 10.8. The zero-order valence-corrected chi connectivity index (χ0v) is 13.2. The molecule has 1 aromatic heterocycles. The summed E-state index contributed by atoms with van der Waals surface area (Å²) in [6.45, 7) is 2.04. The zero-order valence-electron chi connectivity index (χ0n) is 13.2. The average molecular weight is 303 g/mol. The third-order valence-corrected chi connectivity index (χ3v) is 3.75. The quantitative estimate of drug-likeness (QED) is 0.572. The van der Waals surface area contributed by atoms with Gasteiger partial charge in [-0.3, -0.25) is 4.79 Å². The highest BCUT2D eigenvalue weighted by molar-refractivity contribution is 5.92. The van der Waals surface area contributed by atoms with Crippen LogP contribution in [0.2, 0.25) is 0 Å². The Balaban J connectivity index is 1.73. The van der Waals surface area contributed by atoms with Crippen molar-refractivity contribution in [1.82, 2.24) is 10.3 Å². The highest BCUT2D eigenvalue weighted by Gasteiger charge is 2.08. The summed E-state index contributed by atoms with van der Waals surface area (Å²) in [5.41, 5.74) is 2.81. The molecule has 1 aromatic rings. The van der Waals surface area contributed by atoms with Crippen molar-refractivity contribution >= 4 is 11.6 Å². The van der Waals surface area contributed by atoms with E-state index in [-0.39, 0.29) is 5.91 Å². The van der Waals surface area contributed by atoms with E-state index in [9.17, 15) is 4.79 Å². The predicted molar refractivity (Wildman–Crippen MR) is 88.1 cm³/mol. The summed E-state index contributed by atoms with van der Waals surface area (Å²) in [6.07, 6.45) is 9.87. The second kappa shape index (κ2) is 9.20. The number of ether oxygens (including phenoxy) is 1. The van der Waals surface area contributed by atoms with E-state index < -0.39 is 0 Å². The Labute approximate surface area is 132 Å². The monoisotopic (exact) mass is 303 g/mol. The van der Waals surface area contributed by atoms with Crippen molar-refractivity contribution in [2.45, 2.75) is 32.1 Å². The molecule has 1 heterocycles. The van der Waals surface area contributed by atoms with Crippen molar-refractivity contribution < 1.29 is 9.53 Å². The summed E-state index contributed by atoms with van der Waals surface area (Å²) >= 11 is 0. The number of hydrogen-bond acceptors (Lipinski definition) is 4. The van der Waals surface area contributed by atoms with Gasteiger partial charge in [-0.2, -0.15) is 0 Å². The van der Waals surface area contributed by atoms with Gasteiger partial charge < -0.3 is 15.4 Å². The van der Waals surface area contributed by atoms with E-state index in [1.807, 2.05) is 6.07 Å². The fourth-order valence-electron chi connectivity index (χ4n) is 2.49. The largest absolute Gasteiger partial charge is 0.383 e. The molecule has 0 radical (unpaired) electrons. The third kappa shape index (κ3) is 5.48. The van der Waals surface area contributed by atoms with E-state index in [0.29, 0.717) is 18.8 Å². The highest BCUT2D eigenvalue weighted by atomic mass is 16.5. The Kier molecular flexibility index (Phi) is 6.90. The number of aromatic nitrogens is 1. The smallest absolute Gasteiger partial charge is 0.269 e. The molecule has 0 aromatic carbocycles. The zero-order chi connectivity index (χ0) is 15.6. The van der Waals surface area contributed by atoms with E-state index in [0.717, 1.165) is 18.7 Å². The van der Waals surface area contributed by atoms with Gasteiger partial charge in [0.05, 0.1) is 18.5 Å². The molecule has 0 saturated carbocycles. The molecule has 5 heteroatoms. The maximum absolute atomic E-state index is 12.0. The second-order valence-electron chi connectivity index (χ2n) is 5.47. The number of carbonyl (C=O) groups is 1. The summed E-state index contributed by atoms with van der Waals surface area (Å²) in [7, 11) is 1.66.